The first-order chi connectivity index (χ1) is 3.15. The van der Waals surface area contributed by atoms with Crippen LogP contribution in [0.3, 0.4) is 0 Å². The fraction of sp³-hybridized carbons (Fsp3) is 0.800. The summed E-state index contributed by atoms with van der Waals surface area (Å²) in [6.07, 6.45) is 0.750. The summed E-state index contributed by atoms with van der Waals surface area (Å²) in [7, 11) is 0.380. The molecule has 0 aliphatic heterocycles. The van der Waals surface area contributed by atoms with Gasteiger partial charge in [0.05, 0.1) is 0 Å². The van der Waals surface area contributed by atoms with Crippen LogP contribution in [-0.4, -0.2) is 26.3 Å². The predicted octanol–water partition coefficient (Wildman–Crippen LogP) is 1.56. The van der Waals surface area contributed by atoms with Gasteiger partial charge in [-0.2, -0.15) is 0 Å². The molecule has 0 heterocycles. The predicted molar refractivity (Wildman–Crippen MR) is 36.4 cm³/mol. The average Bonchev–Trinajstić information content (AvgIpc) is 1.33. The maximum absolute atomic E-state index is 8.81. The molecule has 1 nitrogen and oxygen atoms in total. The summed E-state index contributed by atoms with van der Waals surface area (Å²) in [6, 6.07) is 0. The van der Waals surface area contributed by atoms with Crippen molar-refractivity contribution in [1.29, 1.82) is 0 Å². The monoisotopic (exact) mass is 120 g/mol. The van der Waals surface area contributed by atoms with Crippen molar-refractivity contribution < 1.29 is 4.79 Å². The van der Waals surface area contributed by atoms with Crippen molar-refractivity contribution >= 4 is 14.2 Å². The number of aldehydes is 1. The standard InChI is InChI=1S/C3H9P.C2H4O/c1-4(2)3;1-2-3/h1-3H3;2H,1H3. The molecular weight excluding hydrogens is 107 g/mol. The van der Waals surface area contributed by atoms with Crippen LogP contribution in [0, 0.1) is 0 Å². The first-order valence-electron chi connectivity index (χ1n) is 2.15. The first-order valence-corrected chi connectivity index (χ1v) is 4.84. The Morgan fingerprint density at radius 1 is 1.29 bits per heavy atom. The van der Waals surface area contributed by atoms with Gasteiger partial charge in [-0.25, -0.2) is 0 Å². The lowest BCUT2D eigenvalue weighted by Crippen LogP contribution is -1.48. The van der Waals surface area contributed by atoms with Gasteiger partial charge < -0.3 is 4.79 Å². The SMILES string of the molecule is CC=O.CP(C)C. The molecule has 0 saturated heterocycles. The Morgan fingerprint density at radius 3 is 1.29 bits per heavy atom. The van der Waals surface area contributed by atoms with E-state index in [4.69, 9.17) is 4.79 Å². The lowest BCUT2D eigenvalue weighted by molar-refractivity contribution is -0.106. The van der Waals surface area contributed by atoms with E-state index in [1.807, 2.05) is 0 Å². The van der Waals surface area contributed by atoms with Crippen LogP contribution in [0.15, 0.2) is 0 Å². The first kappa shape index (κ1) is 10.2. The van der Waals surface area contributed by atoms with Gasteiger partial charge in [-0.1, -0.05) is 0 Å². The van der Waals surface area contributed by atoms with Gasteiger partial charge in [-0.05, 0) is 26.9 Å². The zero-order chi connectivity index (χ0) is 6.28. The largest absolute Gasteiger partial charge is 0.304 e. The van der Waals surface area contributed by atoms with Crippen LogP contribution in [-0.2, 0) is 4.79 Å². The van der Waals surface area contributed by atoms with Crippen molar-refractivity contribution in [2.24, 2.45) is 0 Å². The molecule has 0 aromatic rings. The van der Waals surface area contributed by atoms with Crippen LogP contribution in [0.4, 0.5) is 0 Å². The van der Waals surface area contributed by atoms with E-state index in [-0.39, 0.29) is 0 Å². The number of hydrogen-bond acceptors (Lipinski definition) is 1. The van der Waals surface area contributed by atoms with Crippen molar-refractivity contribution in [3.05, 3.63) is 0 Å². The van der Waals surface area contributed by atoms with E-state index < -0.39 is 0 Å². The zero-order valence-electron chi connectivity index (χ0n) is 5.43. The van der Waals surface area contributed by atoms with Crippen molar-refractivity contribution in [1.82, 2.24) is 0 Å². The minimum Gasteiger partial charge on any atom is -0.304 e. The molecule has 0 saturated carbocycles. The molecule has 0 bridgehead atoms. The van der Waals surface area contributed by atoms with Crippen molar-refractivity contribution in [3.8, 4) is 0 Å². The van der Waals surface area contributed by atoms with Crippen molar-refractivity contribution in [3.63, 3.8) is 0 Å². The molecule has 0 atom stereocenters. The second-order valence-corrected chi connectivity index (χ2v) is 4.26. The molecule has 0 spiro atoms. The molecule has 0 aliphatic carbocycles. The summed E-state index contributed by atoms with van der Waals surface area (Å²) in [6.45, 7) is 8.14. The van der Waals surface area contributed by atoms with Crippen LogP contribution in [0.5, 0.6) is 0 Å². The minimum atomic E-state index is 0.380. The molecule has 0 aromatic carbocycles. The Morgan fingerprint density at radius 2 is 1.29 bits per heavy atom. The van der Waals surface area contributed by atoms with Gasteiger partial charge in [0.25, 0.3) is 0 Å². The molecule has 0 unspecified atom stereocenters. The van der Waals surface area contributed by atoms with E-state index in [1.54, 1.807) is 0 Å². The topological polar surface area (TPSA) is 17.1 Å². The zero-order valence-corrected chi connectivity index (χ0v) is 6.33. The maximum atomic E-state index is 8.81. The molecule has 0 aliphatic rings. The smallest absolute Gasteiger partial charge is 0.116 e. The molecule has 0 aromatic heterocycles. The fourth-order valence-corrected chi connectivity index (χ4v) is 0. The highest BCUT2D eigenvalue weighted by molar-refractivity contribution is 7.55. The molecule has 0 fully saturated rings. The summed E-state index contributed by atoms with van der Waals surface area (Å²) in [5.74, 6) is 0. The molecule has 7 heavy (non-hydrogen) atoms. The normalized spacial score (nSPS) is 7.00. The van der Waals surface area contributed by atoms with E-state index in [1.165, 1.54) is 6.92 Å². The van der Waals surface area contributed by atoms with Gasteiger partial charge in [-0.3, -0.25) is 0 Å². The van der Waals surface area contributed by atoms with Gasteiger partial charge in [0.1, 0.15) is 6.29 Å². The Bertz CT molecular complexity index is 32.3. The molecular formula is C5H13OP. The highest BCUT2D eigenvalue weighted by Crippen LogP contribution is 2.14. The summed E-state index contributed by atoms with van der Waals surface area (Å²) in [5.41, 5.74) is 0. The third-order valence-corrected chi connectivity index (χ3v) is 0. The molecule has 2 heteroatoms. The third-order valence-electron chi connectivity index (χ3n) is 0. The Balaban J connectivity index is 0. The van der Waals surface area contributed by atoms with Gasteiger partial charge >= 0.3 is 0 Å². The van der Waals surface area contributed by atoms with E-state index in [0.717, 1.165) is 6.29 Å². The second-order valence-electron chi connectivity index (χ2n) is 1.58. The minimum absolute atomic E-state index is 0.380. The summed E-state index contributed by atoms with van der Waals surface area (Å²) < 4.78 is 0. The highest BCUT2D eigenvalue weighted by Gasteiger charge is 1.65. The molecule has 0 amide bonds. The molecule has 0 rings (SSSR count). The van der Waals surface area contributed by atoms with Crippen LogP contribution in [0.25, 0.3) is 0 Å². The van der Waals surface area contributed by atoms with E-state index >= 15 is 0 Å². The Kier molecular flexibility index (Phi) is 13.7. The average molecular weight is 120 g/mol. The van der Waals surface area contributed by atoms with Crippen LogP contribution in [0.2, 0.25) is 0 Å². The van der Waals surface area contributed by atoms with Gasteiger partial charge in [0.2, 0.25) is 0 Å². The molecule has 0 radical (unpaired) electrons. The summed E-state index contributed by atoms with van der Waals surface area (Å²) >= 11 is 0. The van der Waals surface area contributed by atoms with Crippen molar-refractivity contribution in [2.45, 2.75) is 6.92 Å². The molecule has 0 N–H and O–H groups in total. The van der Waals surface area contributed by atoms with E-state index in [2.05, 4.69) is 20.0 Å². The molecule has 44 valence electrons. The number of carbonyl (C=O) groups excluding carboxylic acids is 1. The third kappa shape index (κ3) is 10300. The van der Waals surface area contributed by atoms with Crippen molar-refractivity contribution in [2.75, 3.05) is 20.0 Å². The van der Waals surface area contributed by atoms with E-state index in [0.29, 0.717) is 7.92 Å². The van der Waals surface area contributed by atoms with Crippen LogP contribution >= 0.6 is 7.92 Å². The van der Waals surface area contributed by atoms with Gasteiger partial charge in [-0.15, -0.1) is 7.92 Å². The van der Waals surface area contributed by atoms with Gasteiger partial charge in [0, 0.05) is 0 Å². The van der Waals surface area contributed by atoms with Gasteiger partial charge in [0.15, 0.2) is 0 Å². The quantitative estimate of drug-likeness (QED) is 0.350. The second kappa shape index (κ2) is 9.44. The maximum Gasteiger partial charge on any atom is 0.116 e. The Labute approximate surface area is 46.9 Å². The van der Waals surface area contributed by atoms with Crippen LogP contribution < -0.4 is 0 Å². The fourth-order valence-electron chi connectivity index (χ4n) is 0. The number of hydrogen-bond donors (Lipinski definition) is 0. The van der Waals surface area contributed by atoms with E-state index in [9.17, 15) is 0 Å². The van der Waals surface area contributed by atoms with Crippen LogP contribution in [0.1, 0.15) is 6.92 Å². The summed E-state index contributed by atoms with van der Waals surface area (Å²) in [5, 5.41) is 0. The number of rotatable bonds is 0. The lowest BCUT2D eigenvalue weighted by Gasteiger charge is -1.81. The highest BCUT2D eigenvalue weighted by atomic mass is 31.1. The lowest BCUT2D eigenvalue weighted by atomic mass is 11.0. The summed E-state index contributed by atoms with van der Waals surface area (Å²) in [4.78, 5) is 8.81. The Hall–Kier alpha value is 0.100. The number of carbonyl (C=O) groups is 1.